The van der Waals surface area contributed by atoms with Gasteiger partial charge in [-0.15, -0.1) is 0 Å². The van der Waals surface area contributed by atoms with Crippen LogP contribution in [0.25, 0.3) is 32.7 Å². The summed E-state index contributed by atoms with van der Waals surface area (Å²) >= 11 is 0. The monoisotopic (exact) mass is 658 g/mol. The van der Waals surface area contributed by atoms with E-state index < -0.39 is 28.5 Å². The third-order valence-electron chi connectivity index (χ3n) is 8.01. The molecule has 6 aromatic rings. The summed E-state index contributed by atoms with van der Waals surface area (Å²) in [7, 11) is -9.85. The molecule has 0 bridgehead atoms. The molecule has 0 atom stereocenters. The molecule has 6 rings (SSSR count). The van der Waals surface area contributed by atoms with Crippen LogP contribution in [0.5, 0.6) is 5.75 Å². The third-order valence-corrected chi connectivity index (χ3v) is 12.0. The summed E-state index contributed by atoms with van der Waals surface area (Å²) in [5, 5.41) is 3.86. The Balaban J connectivity index is 1.83. The van der Waals surface area contributed by atoms with Gasteiger partial charge in [0.2, 0.25) is 0 Å². The van der Waals surface area contributed by atoms with E-state index in [0.29, 0.717) is 37.6 Å². The second-order valence-electron chi connectivity index (χ2n) is 11.6. The van der Waals surface area contributed by atoms with Gasteiger partial charge >= 0.3 is 15.6 Å². The van der Waals surface area contributed by atoms with E-state index in [1.807, 2.05) is 82.3 Å². The molecule has 0 heterocycles. The molecule has 0 radical (unpaired) electrons. The van der Waals surface area contributed by atoms with Crippen molar-refractivity contribution in [3.05, 3.63) is 131 Å². The predicted molar refractivity (Wildman–Crippen MR) is 181 cm³/mol. The van der Waals surface area contributed by atoms with E-state index in [2.05, 4.69) is 0 Å². The third kappa shape index (κ3) is 5.50. The first-order valence-electron chi connectivity index (χ1n) is 14.5. The normalized spacial score (nSPS) is 12.5. The highest BCUT2D eigenvalue weighted by Gasteiger charge is 2.49. The predicted octanol–water partition coefficient (Wildman–Crippen LogP) is 8.76. The largest absolute Gasteiger partial charge is 0.534 e. The van der Waals surface area contributed by atoms with Gasteiger partial charge in [-0.05, 0) is 85.6 Å². The Kier molecular flexibility index (Phi) is 7.86. The van der Waals surface area contributed by atoms with Crippen LogP contribution in [0.4, 0.5) is 13.2 Å². The fourth-order valence-electron chi connectivity index (χ4n) is 6.22. The lowest BCUT2D eigenvalue weighted by Gasteiger charge is -2.27. The van der Waals surface area contributed by atoms with Crippen LogP contribution in [-0.2, 0) is 14.7 Å². The highest BCUT2D eigenvalue weighted by Crippen LogP contribution is 2.50. The molecule has 0 amide bonds. The minimum atomic E-state index is -6.05. The molecule has 46 heavy (non-hydrogen) atoms. The molecule has 0 aromatic heterocycles. The van der Waals surface area contributed by atoms with E-state index in [-0.39, 0.29) is 5.56 Å². The van der Waals surface area contributed by atoms with Crippen molar-refractivity contribution in [3.63, 3.8) is 0 Å². The number of fused-ring (bicyclic) bond motifs is 2. The Bertz CT molecular complexity index is 2230. The minimum absolute atomic E-state index is 0.103. The van der Waals surface area contributed by atoms with Gasteiger partial charge in [0.15, 0.2) is 12.9 Å². The van der Waals surface area contributed by atoms with Crippen molar-refractivity contribution >= 4 is 54.7 Å². The van der Waals surface area contributed by atoms with Crippen molar-refractivity contribution in [2.24, 2.45) is 0 Å². The van der Waals surface area contributed by atoms with Crippen molar-refractivity contribution < 1.29 is 30.3 Å². The molecule has 0 aliphatic rings. The van der Waals surface area contributed by atoms with E-state index in [9.17, 15) is 21.6 Å². The molecule has 0 N–H and O–H groups in total. The number of benzene rings is 6. The Morgan fingerprint density at radius 1 is 0.587 bits per heavy atom. The lowest BCUT2D eigenvalue weighted by atomic mass is 9.93. The number of alkyl halides is 3. The molecular formula is C37H30F3O4PS. The van der Waals surface area contributed by atoms with Crippen LogP contribution in [0, 0.1) is 27.7 Å². The Morgan fingerprint density at radius 3 is 1.50 bits per heavy atom. The van der Waals surface area contributed by atoms with Gasteiger partial charge in [0.05, 0.1) is 0 Å². The zero-order valence-electron chi connectivity index (χ0n) is 25.5. The van der Waals surface area contributed by atoms with Crippen molar-refractivity contribution in [3.8, 4) is 16.9 Å². The highest BCUT2D eigenvalue weighted by molar-refractivity contribution is 7.88. The summed E-state index contributed by atoms with van der Waals surface area (Å²) in [6.07, 6.45) is 0. The topological polar surface area (TPSA) is 60.4 Å². The number of rotatable bonds is 6. The number of hydrogen-bond donors (Lipinski definition) is 0. The van der Waals surface area contributed by atoms with Gasteiger partial charge in [0.25, 0.3) is 0 Å². The van der Waals surface area contributed by atoms with Crippen LogP contribution >= 0.6 is 7.14 Å². The van der Waals surface area contributed by atoms with E-state index >= 15 is 4.57 Å². The summed E-state index contributed by atoms with van der Waals surface area (Å²) in [6.45, 7) is 7.68. The first kappa shape index (κ1) is 31.6. The number of halogens is 3. The highest BCUT2D eigenvalue weighted by atomic mass is 32.2. The summed E-state index contributed by atoms with van der Waals surface area (Å²) in [5.74, 6) is -0.513. The zero-order valence-corrected chi connectivity index (χ0v) is 27.2. The maximum Gasteiger partial charge on any atom is 0.534 e. The quantitative estimate of drug-likeness (QED) is 0.102. The molecule has 0 fully saturated rings. The van der Waals surface area contributed by atoms with Crippen LogP contribution in [0.1, 0.15) is 22.3 Å². The van der Waals surface area contributed by atoms with E-state index in [1.54, 1.807) is 42.5 Å². The fraction of sp³-hybridized carbons (Fsp3) is 0.135. The Hall–Kier alpha value is -4.39. The van der Waals surface area contributed by atoms with Crippen LogP contribution < -0.4 is 20.1 Å². The van der Waals surface area contributed by atoms with Gasteiger partial charge < -0.3 is 8.75 Å². The summed E-state index contributed by atoms with van der Waals surface area (Å²) in [4.78, 5) is 0. The molecule has 4 nitrogen and oxygen atoms in total. The lowest BCUT2D eigenvalue weighted by molar-refractivity contribution is -0.0499. The van der Waals surface area contributed by atoms with Crippen molar-refractivity contribution in [2.45, 2.75) is 33.2 Å². The number of hydrogen-bond acceptors (Lipinski definition) is 4. The second kappa shape index (κ2) is 11.4. The summed E-state index contributed by atoms with van der Waals surface area (Å²) in [6, 6.07) is 32.0. The minimum Gasteiger partial charge on any atom is -0.375 e. The van der Waals surface area contributed by atoms with Crippen molar-refractivity contribution in [1.82, 2.24) is 0 Å². The number of aryl methyl sites for hydroxylation is 4. The molecule has 0 spiro atoms. The standard InChI is InChI=1S/C37H30F3O4PS/c1-23-17-24(2)20-29(19-23)45(41,30-21-25(3)18-26(4)22-30)34-16-14-28-10-6-8-12-32(28)36(34)35-31-11-7-5-9-27(31)13-15-33(35)44-46(42,43)37(38,39)40/h5-22H,1-4H3. The fourth-order valence-corrected chi connectivity index (χ4v) is 9.92. The summed E-state index contributed by atoms with van der Waals surface area (Å²) in [5.41, 5.74) is -1.64. The van der Waals surface area contributed by atoms with Crippen molar-refractivity contribution in [2.75, 3.05) is 0 Å². The van der Waals surface area contributed by atoms with Crippen LogP contribution in [0.2, 0.25) is 0 Å². The maximum absolute atomic E-state index is 16.2. The first-order chi connectivity index (χ1) is 21.7. The first-order valence-corrected chi connectivity index (χ1v) is 17.6. The molecule has 0 aliphatic carbocycles. The maximum atomic E-state index is 16.2. The molecular weight excluding hydrogens is 628 g/mol. The van der Waals surface area contributed by atoms with Gasteiger partial charge in [0, 0.05) is 27.0 Å². The van der Waals surface area contributed by atoms with Crippen LogP contribution in [-0.4, -0.2) is 13.9 Å². The van der Waals surface area contributed by atoms with Gasteiger partial charge in [-0.25, -0.2) is 0 Å². The lowest BCUT2D eigenvalue weighted by Crippen LogP contribution is -2.29. The van der Waals surface area contributed by atoms with Crippen LogP contribution in [0.15, 0.2) is 109 Å². The molecule has 6 aromatic carbocycles. The van der Waals surface area contributed by atoms with Gasteiger partial charge in [-0.1, -0.05) is 95.1 Å². The van der Waals surface area contributed by atoms with Gasteiger partial charge in [-0.3, -0.25) is 0 Å². The molecule has 9 heteroatoms. The second-order valence-corrected chi connectivity index (χ2v) is 15.9. The average molecular weight is 659 g/mol. The van der Waals surface area contributed by atoms with E-state index in [4.69, 9.17) is 4.18 Å². The molecule has 0 unspecified atom stereocenters. The van der Waals surface area contributed by atoms with Gasteiger partial charge in [-0.2, -0.15) is 21.6 Å². The molecule has 0 aliphatic heterocycles. The van der Waals surface area contributed by atoms with Gasteiger partial charge in [0.1, 0.15) is 0 Å². The smallest absolute Gasteiger partial charge is 0.375 e. The van der Waals surface area contributed by atoms with E-state index in [0.717, 1.165) is 27.6 Å². The zero-order chi connectivity index (χ0) is 33.0. The Morgan fingerprint density at radius 2 is 1.02 bits per heavy atom. The van der Waals surface area contributed by atoms with E-state index in [1.165, 1.54) is 12.1 Å². The average Bonchev–Trinajstić information content (AvgIpc) is 2.98. The van der Waals surface area contributed by atoms with Crippen LogP contribution in [0.3, 0.4) is 0 Å². The van der Waals surface area contributed by atoms with Crippen molar-refractivity contribution in [1.29, 1.82) is 0 Å². The molecule has 0 saturated carbocycles. The Labute approximate surface area is 266 Å². The molecule has 0 saturated heterocycles. The SMILES string of the molecule is Cc1cc(C)cc(P(=O)(c2cc(C)cc(C)c2)c2ccc3ccccc3c2-c2c(OS(=O)(=O)C(F)(F)F)ccc3ccccc23)c1. The summed E-state index contributed by atoms with van der Waals surface area (Å²) < 4.78 is 87.3. The molecule has 234 valence electrons.